The molecule has 0 N–H and O–H groups in total. The van der Waals surface area contributed by atoms with Crippen molar-refractivity contribution in [1.82, 2.24) is 0 Å². The number of allylic oxidation sites excluding steroid dienone is 1. The van der Waals surface area contributed by atoms with E-state index in [4.69, 9.17) is 36.0 Å². The van der Waals surface area contributed by atoms with Gasteiger partial charge in [-0.1, -0.05) is 96.3 Å². The average molecular weight is 721 g/mol. The van der Waals surface area contributed by atoms with Crippen LogP contribution in [-0.4, -0.2) is 71.2 Å². The SMILES string of the molecule is C=CCCCCCCCCCOC=C.C=COCCCCCCCCCCC[Si](OCC)(OCC)OCC.CCO[SiH](OCC)OCC. The molecule has 10 heteroatoms. The molecule has 0 saturated heterocycles. The lowest BCUT2D eigenvalue weighted by molar-refractivity contribution is 0.0706. The van der Waals surface area contributed by atoms with Crippen molar-refractivity contribution in [3.8, 4) is 0 Å². The first kappa shape index (κ1) is 51.4. The molecule has 0 unspecified atom stereocenters. The highest BCUT2D eigenvalue weighted by Gasteiger charge is 2.39. The molecule has 0 aromatic rings. The Labute approximate surface area is 301 Å². The van der Waals surface area contributed by atoms with Crippen molar-refractivity contribution in [2.45, 2.75) is 157 Å². The van der Waals surface area contributed by atoms with Crippen molar-refractivity contribution < 1.29 is 36.0 Å². The highest BCUT2D eigenvalue weighted by Crippen LogP contribution is 2.21. The third-order valence-corrected chi connectivity index (χ3v) is 12.1. The van der Waals surface area contributed by atoms with Gasteiger partial charge >= 0.3 is 18.3 Å². The molecule has 0 aliphatic carbocycles. The van der Waals surface area contributed by atoms with Gasteiger partial charge in [0.1, 0.15) is 0 Å². The Balaban J connectivity index is -0.000000710. The topological polar surface area (TPSA) is 73.8 Å². The third-order valence-electron chi connectivity index (χ3n) is 7.15. The second-order valence-electron chi connectivity index (χ2n) is 11.2. The van der Waals surface area contributed by atoms with E-state index in [1.54, 1.807) is 0 Å². The molecule has 0 bridgehead atoms. The molecule has 0 heterocycles. The van der Waals surface area contributed by atoms with Crippen LogP contribution >= 0.6 is 0 Å². The zero-order chi connectivity index (χ0) is 36.2. The van der Waals surface area contributed by atoms with Gasteiger partial charge in [0, 0.05) is 45.7 Å². The van der Waals surface area contributed by atoms with Crippen LogP contribution in [0.3, 0.4) is 0 Å². The number of hydrogen-bond donors (Lipinski definition) is 0. The maximum Gasteiger partial charge on any atom is 0.500 e. The summed E-state index contributed by atoms with van der Waals surface area (Å²) in [5, 5.41) is 0. The van der Waals surface area contributed by atoms with Gasteiger partial charge in [0.2, 0.25) is 0 Å². The fourth-order valence-electron chi connectivity index (χ4n) is 4.84. The van der Waals surface area contributed by atoms with Gasteiger partial charge in [0.05, 0.1) is 25.7 Å². The predicted octanol–water partition coefficient (Wildman–Crippen LogP) is 11.0. The largest absolute Gasteiger partial charge is 0.502 e. The normalized spacial score (nSPS) is 10.9. The van der Waals surface area contributed by atoms with Gasteiger partial charge in [0.25, 0.3) is 0 Å². The molecule has 288 valence electrons. The molecule has 0 saturated carbocycles. The maximum atomic E-state index is 5.89. The van der Waals surface area contributed by atoms with Crippen LogP contribution in [0, 0.1) is 0 Å². The fraction of sp³-hybridized carbons (Fsp3) is 0.842. The van der Waals surface area contributed by atoms with Crippen molar-refractivity contribution >= 4 is 18.3 Å². The minimum absolute atomic E-state index is 0.671. The summed E-state index contributed by atoms with van der Waals surface area (Å²) in [6.07, 6.45) is 26.8. The van der Waals surface area contributed by atoms with Gasteiger partial charge in [-0.25, -0.2) is 0 Å². The summed E-state index contributed by atoms with van der Waals surface area (Å²) in [5.41, 5.74) is 0. The van der Waals surface area contributed by atoms with Crippen LogP contribution in [0.1, 0.15) is 151 Å². The zero-order valence-corrected chi connectivity index (χ0v) is 34.7. The third kappa shape index (κ3) is 41.2. The van der Waals surface area contributed by atoms with Gasteiger partial charge in [-0.15, -0.1) is 6.58 Å². The minimum atomic E-state index is -2.41. The Hall–Kier alpha value is -0.986. The molecule has 0 fully saturated rings. The monoisotopic (exact) mass is 721 g/mol. The van der Waals surface area contributed by atoms with Gasteiger partial charge in [-0.3, -0.25) is 0 Å². The predicted molar refractivity (Wildman–Crippen MR) is 208 cm³/mol. The van der Waals surface area contributed by atoms with E-state index in [0.29, 0.717) is 39.6 Å². The summed E-state index contributed by atoms with van der Waals surface area (Å²) in [7, 11) is -4.15. The molecule has 8 nitrogen and oxygen atoms in total. The second kappa shape index (κ2) is 46.0. The molecule has 0 aliphatic heterocycles. The Morgan fingerprint density at radius 2 is 0.771 bits per heavy atom. The van der Waals surface area contributed by atoms with Gasteiger partial charge in [0.15, 0.2) is 0 Å². The highest BCUT2D eigenvalue weighted by atomic mass is 28.4. The number of rotatable bonds is 36. The number of hydrogen-bond acceptors (Lipinski definition) is 8. The molecule has 0 atom stereocenters. The summed E-state index contributed by atoms with van der Waals surface area (Å²) in [6.45, 7) is 28.3. The Bertz CT molecular complexity index is 580. The first-order valence-electron chi connectivity index (χ1n) is 19.3. The van der Waals surface area contributed by atoms with E-state index in [9.17, 15) is 0 Å². The van der Waals surface area contributed by atoms with Crippen LogP contribution in [0.15, 0.2) is 38.3 Å². The first-order chi connectivity index (χ1) is 23.5. The molecule has 0 amide bonds. The lowest BCUT2D eigenvalue weighted by Crippen LogP contribution is -2.45. The van der Waals surface area contributed by atoms with Crippen LogP contribution in [0.2, 0.25) is 6.04 Å². The Kier molecular flexibility index (Phi) is 49.3. The molecule has 48 heavy (non-hydrogen) atoms. The maximum absolute atomic E-state index is 5.89. The van der Waals surface area contributed by atoms with E-state index in [2.05, 4.69) is 19.7 Å². The van der Waals surface area contributed by atoms with Crippen molar-refractivity contribution in [3.05, 3.63) is 38.3 Å². The van der Waals surface area contributed by atoms with Crippen LogP contribution in [-0.2, 0) is 36.0 Å². The molecular formula is C38H80O8Si2. The Morgan fingerprint density at radius 1 is 0.438 bits per heavy atom. The van der Waals surface area contributed by atoms with Crippen LogP contribution in [0.25, 0.3) is 0 Å². The van der Waals surface area contributed by atoms with Crippen LogP contribution < -0.4 is 0 Å². The quantitative estimate of drug-likeness (QED) is 0.0274. The van der Waals surface area contributed by atoms with Crippen molar-refractivity contribution in [2.24, 2.45) is 0 Å². The van der Waals surface area contributed by atoms with E-state index in [1.807, 2.05) is 47.6 Å². The summed E-state index contributed by atoms with van der Waals surface area (Å²) in [4.78, 5) is 0. The minimum Gasteiger partial charge on any atom is -0.502 e. The fourth-order valence-corrected chi connectivity index (χ4v) is 8.63. The smallest absolute Gasteiger partial charge is 0.500 e. The average Bonchev–Trinajstić information content (AvgIpc) is 3.07. The van der Waals surface area contributed by atoms with E-state index < -0.39 is 18.3 Å². The number of unbranched alkanes of at least 4 members (excludes halogenated alkanes) is 15. The van der Waals surface area contributed by atoms with Gasteiger partial charge in [-0.2, -0.15) is 0 Å². The Morgan fingerprint density at radius 3 is 1.08 bits per heavy atom. The number of ether oxygens (including phenoxy) is 2. The molecule has 0 rings (SSSR count). The van der Waals surface area contributed by atoms with Gasteiger partial charge < -0.3 is 36.0 Å². The van der Waals surface area contributed by atoms with Crippen LogP contribution in [0.4, 0.5) is 0 Å². The second-order valence-corrected chi connectivity index (χ2v) is 15.5. The van der Waals surface area contributed by atoms with Crippen LogP contribution in [0.5, 0.6) is 0 Å². The molecular weight excluding hydrogens is 641 g/mol. The highest BCUT2D eigenvalue weighted by molar-refractivity contribution is 6.60. The summed E-state index contributed by atoms with van der Waals surface area (Å²) in [5.74, 6) is 0. The zero-order valence-electron chi connectivity index (χ0n) is 32.6. The lowest BCUT2D eigenvalue weighted by Gasteiger charge is -2.28. The molecule has 0 aromatic carbocycles. The first-order valence-corrected chi connectivity index (χ1v) is 22.7. The molecule has 0 radical (unpaired) electrons. The van der Waals surface area contributed by atoms with E-state index in [0.717, 1.165) is 32.1 Å². The lowest BCUT2D eigenvalue weighted by atomic mass is 10.1. The standard InChI is InChI=1S/C19H40O4Si.C13H24O.C6H16O3Si/c1-5-20-18-16-14-12-10-9-11-13-15-17-19-24(21-6-2,22-7-3)23-8-4;1-3-5-6-7-8-9-10-11-12-13-14-4-2;1-4-7-10(8-5-2)9-6-3/h5H,1,6-19H2,2-4H3;3-4H,1-2,5-13H2;10H,4-6H2,1-3H3. The molecule has 0 aliphatic rings. The van der Waals surface area contributed by atoms with Gasteiger partial charge in [-0.05, 0) is 73.6 Å². The van der Waals surface area contributed by atoms with Crippen molar-refractivity contribution in [3.63, 3.8) is 0 Å². The summed E-state index contributed by atoms with van der Waals surface area (Å²) < 4.78 is 43.5. The van der Waals surface area contributed by atoms with E-state index in [-0.39, 0.29) is 0 Å². The van der Waals surface area contributed by atoms with Crippen molar-refractivity contribution in [2.75, 3.05) is 52.9 Å². The van der Waals surface area contributed by atoms with E-state index >= 15 is 0 Å². The molecule has 0 aromatic heterocycles. The summed E-state index contributed by atoms with van der Waals surface area (Å²) >= 11 is 0. The van der Waals surface area contributed by atoms with E-state index in [1.165, 1.54) is 109 Å². The molecule has 0 spiro atoms. The van der Waals surface area contributed by atoms with Crippen molar-refractivity contribution in [1.29, 1.82) is 0 Å². The summed E-state index contributed by atoms with van der Waals surface area (Å²) in [6, 6.07) is 0.950.